The van der Waals surface area contributed by atoms with Crippen molar-refractivity contribution in [2.75, 3.05) is 12.4 Å². The van der Waals surface area contributed by atoms with Crippen LogP contribution in [0.15, 0.2) is 73.1 Å². The lowest BCUT2D eigenvalue weighted by Gasteiger charge is -2.11. The van der Waals surface area contributed by atoms with Gasteiger partial charge < -0.3 is 10.1 Å². The Kier molecular flexibility index (Phi) is 4.72. The molecule has 0 bridgehead atoms. The summed E-state index contributed by atoms with van der Waals surface area (Å²) < 4.78 is 18.9. The van der Waals surface area contributed by atoms with Crippen LogP contribution >= 0.6 is 0 Å². The van der Waals surface area contributed by atoms with Crippen molar-refractivity contribution in [3.8, 4) is 28.4 Å². The quantitative estimate of drug-likeness (QED) is 0.424. The van der Waals surface area contributed by atoms with E-state index >= 15 is 0 Å². The van der Waals surface area contributed by atoms with E-state index in [1.807, 2.05) is 30.3 Å². The number of halogens is 1. The zero-order valence-corrected chi connectivity index (χ0v) is 16.5. The van der Waals surface area contributed by atoms with Gasteiger partial charge in [0.1, 0.15) is 23.2 Å². The molecule has 0 saturated carbocycles. The molecule has 0 atom stereocenters. The number of methoxy groups -OCH3 is 1. The second-order valence-electron chi connectivity index (χ2n) is 6.82. The molecule has 0 fully saturated rings. The van der Waals surface area contributed by atoms with Crippen LogP contribution in [0, 0.1) is 5.82 Å². The fraction of sp³-hybridized carbons (Fsp3) is 0.0435. The number of aromatic nitrogens is 5. The molecule has 0 radical (unpaired) electrons. The van der Waals surface area contributed by atoms with E-state index in [-0.39, 0.29) is 5.82 Å². The molecule has 152 valence electrons. The summed E-state index contributed by atoms with van der Waals surface area (Å²) >= 11 is 0. The summed E-state index contributed by atoms with van der Waals surface area (Å²) in [4.78, 5) is 13.5. The van der Waals surface area contributed by atoms with Crippen LogP contribution in [0.5, 0.6) is 5.75 Å². The van der Waals surface area contributed by atoms with Crippen molar-refractivity contribution in [1.82, 2.24) is 25.1 Å². The first-order valence-corrected chi connectivity index (χ1v) is 9.54. The zero-order chi connectivity index (χ0) is 21.2. The Bertz CT molecular complexity index is 1370. The maximum atomic E-state index is 13.6. The largest absolute Gasteiger partial charge is 0.497 e. The number of hydrogen-bond acceptors (Lipinski definition) is 6. The molecule has 31 heavy (non-hydrogen) atoms. The molecule has 2 aromatic carbocycles. The first-order chi connectivity index (χ1) is 15.2. The van der Waals surface area contributed by atoms with Gasteiger partial charge in [0.2, 0.25) is 0 Å². The maximum Gasteiger partial charge on any atom is 0.163 e. The van der Waals surface area contributed by atoms with Gasteiger partial charge in [-0.1, -0.05) is 12.1 Å². The van der Waals surface area contributed by atoms with Crippen molar-refractivity contribution in [3.63, 3.8) is 0 Å². The van der Waals surface area contributed by atoms with Crippen molar-refractivity contribution >= 4 is 22.5 Å². The second kappa shape index (κ2) is 7.83. The van der Waals surface area contributed by atoms with Gasteiger partial charge in [0.25, 0.3) is 0 Å². The summed E-state index contributed by atoms with van der Waals surface area (Å²) in [6.45, 7) is 0. The smallest absolute Gasteiger partial charge is 0.163 e. The van der Waals surface area contributed by atoms with E-state index in [0.717, 1.165) is 16.5 Å². The number of ether oxygens (including phenoxy) is 1. The van der Waals surface area contributed by atoms with Gasteiger partial charge in [0, 0.05) is 35.0 Å². The number of aromatic amines is 1. The molecule has 0 amide bonds. The maximum absolute atomic E-state index is 13.6. The minimum atomic E-state index is -0.315. The van der Waals surface area contributed by atoms with Gasteiger partial charge >= 0.3 is 0 Å². The summed E-state index contributed by atoms with van der Waals surface area (Å²) in [6.07, 6.45) is 3.42. The number of pyridine rings is 1. The molecule has 0 spiro atoms. The van der Waals surface area contributed by atoms with Crippen molar-refractivity contribution in [3.05, 3.63) is 78.9 Å². The molecule has 0 aliphatic carbocycles. The lowest BCUT2D eigenvalue weighted by Crippen LogP contribution is -2.00. The van der Waals surface area contributed by atoms with E-state index in [1.165, 1.54) is 12.1 Å². The second-order valence-corrected chi connectivity index (χ2v) is 6.82. The van der Waals surface area contributed by atoms with Gasteiger partial charge in [0.15, 0.2) is 5.82 Å². The normalized spacial score (nSPS) is 10.9. The Balaban J connectivity index is 1.58. The predicted octanol–water partition coefficient (Wildman–Crippen LogP) is 4.97. The number of benzene rings is 2. The highest BCUT2D eigenvalue weighted by atomic mass is 19.1. The van der Waals surface area contributed by atoms with Crippen molar-refractivity contribution in [1.29, 1.82) is 0 Å². The van der Waals surface area contributed by atoms with Crippen LogP contribution in [-0.2, 0) is 0 Å². The van der Waals surface area contributed by atoms with Gasteiger partial charge in [-0.3, -0.25) is 10.1 Å². The summed E-state index contributed by atoms with van der Waals surface area (Å²) in [5, 5.41) is 11.3. The SMILES string of the molecule is COc1ccc2nc(-c3cccnc3)nc(Nc3cc(-c4cccc(F)c4)n[nH]3)c2c1. The van der Waals surface area contributed by atoms with Crippen LogP contribution < -0.4 is 10.1 Å². The van der Waals surface area contributed by atoms with E-state index in [1.54, 1.807) is 37.7 Å². The molecule has 2 N–H and O–H groups in total. The topological polar surface area (TPSA) is 88.6 Å². The Morgan fingerprint density at radius 2 is 1.87 bits per heavy atom. The fourth-order valence-electron chi connectivity index (χ4n) is 3.26. The summed E-state index contributed by atoms with van der Waals surface area (Å²) in [5.74, 6) is 2.11. The fourth-order valence-corrected chi connectivity index (χ4v) is 3.26. The molecule has 0 unspecified atom stereocenters. The molecule has 5 rings (SSSR count). The number of anilines is 2. The Morgan fingerprint density at radius 3 is 2.68 bits per heavy atom. The van der Waals surface area contributed by atoms with Crippen LogP contribution in [0.1, 0.15) is 0 Å². The third-order valence-corrected chi connectivity index (χ3v) is 4.77. The molecule has 3 aromatic heterocycles. The Hall–Kier alpha value is -4.33. The molecular weight excluding hydrogens is 395 g/mol. The van der Waals surface area contributed by atoms with Gasteiger partial charge in [0.05, 0.1) is 18.3 Å². The first-order valence-electron chi connectivity index (χ1n) is 9.54. The van der Waals surface area contributed by atoms with Gasteiger partial charge in [-0.05, 0) is 42.5 Å². The molecule has 7 nitrogen and oxygen atoms in total. The predicted molar refractivity (Wildman–Crippen MR) is 117 cm³/mol. The Labute approximate surface area is 177 Å². The lowest BCUT2D eigenvalue weighted by molar-refractivity contribution is 0.415. The molecule has 0 aliphatic heterocycles. The third-order valence-electron chi connectivity index (χ3n) is 4.77. The van der Waals surface area contributed by atoms with E-state index in [2.05, 4.69) is 25.5 Å². The van der Waals surface area contributed by atoms with Gasteiger partial charge in [-0.2, -0.15) is 5.10 Å². The molecule has 0 aliphatic rings. The minimum absolute atomic E-state index is 0.315. The third kappa shape index (κ3) is 3.78. The molecule has 3 heterocycles. The number of rotatable bonds is 5. The van der Waals surface area contributed by atoms with Crippen LogP contribution in [0.3, 0.4) is 0 Å². The molecule has 5 aromatic rings. The van der Waals surface area contributed by atoms with Crippen LogP contribution in [0.25, 0.3) is 33.5 Å². The van der Waals surface area contributed by atoms with Crippen LogP contribution in [0.2, 0.25) is 0 Å². The molecule has 8 heteroatoms. The highest BCUT2D eigenvalue weighted by Crippen LogP contribution is 2.30. The van der Waals surface area contributed by atoms with E-state index in [9.17, 15) is 4.39 Å². The highest BCUT2D eigenvalue weighted by molar-refractivity contribution is 5.93. The van der Waals surface area contributed by atoms with E-state index in [4.69, 9.17) is 9.72 Å². The Morgan fingerprint density at radius 1 is 0.968 bits per heavy atom. The number of fused-ring (bicyclic) bond motifs is 1. The summed E-state index contributed by atoms with van der Waals surface area (Å²) in [7, 11) is 1.61. The minimum Gasteiger partial charge on any atom is -0.497 e. The van der Waals surface area contributed by atoms with Crippen molar-refractivity contribution < 1.29 is 9.13 Å². The van der Waals surface area contributed by atoms with E-state index < -0.39 is 0 Å². The number of nitrogens with zero attached hydrogens (tertiary/aromatic N) is 4. The first kappa shape index (κ1) is 18.7. The highest BCUT2D eigenvalue weighted by Gasteiger charge is 2.13. The standard InChI is InChI=1S/C23H17FN6O/c1-31-17-7-8-19-18(11-17)23(28-22(26-19)15-5-3-9-25-13-15)27-21-12-20(29-30-21)14-4-2-6-16(24)10-14/h2-13H,1H3,(H2,26,27,28,29,30). The number of hydrogen-bond donors (Lipinski definition) is 2. The average Bonchev–Trinajstić information content (AvgIpc) is 3.28. The van der Waals surface area contributed by atoms with Gasteiger partial charge in [-0.25, -0.2) is 14.4 Å². The van der Waals surface area contributed by atoms with Crippen molar-refractivity contribution in [2.24, 2.45) is 0 Å². The zero-order valence-electron chi connectivity index (χ0n) is 16.5. The van der Waals surface area contributed by atoms with Crippen LogP contribution in [0.4, 0.5) is 16.0 Å². The summed E-state index contributed by atoms with van der Waals surface area (Å²) in [5.41, 5.74) is 2.84. The lowest BCUT2D eigenvalue weighted by atomic mass is 10.1. The number of nitrogens with one attached hydrogen (secondary N) is 2. The monoisotopic (exact) mass is 412 g/mol. The molecule has 0 saturated heterocycles. The van der Waals surface area contributed by atoms with Crippen molar-refractivity contribution in [2.45, 2.75) is 0 Å². The van der Waals surface area contributed by atoms with E-state index in [0.29, 0.717) is 34.5 Å². The number of H-pyrrole nitrogens is 1. The average molecular weight is 412 g/mol. The molecular formula is C23H17FN6O. The summed E-state index contributed by atoms with van der Waals surface area (Å²) in [6, 6.07) is 17.4. The van der Waals surface area contributed by atoms with Gasteiger partial charge in [-0.15, -0.1) is 0 Å². The van der Waals surface area contributed by atoms with Crippen LogP contribution in [-0.4, -0.2) is 32.3 Å².